The van der Waals surface area contributed by atoms with E-state index in [1.165, 1.54) is 6.33 Å². The Hall–Kier alpha value is -2.17. The van der Waals surface area contributed by atoms with Crippen LogP contribution in [-0.2, 0) is 23.2 Å². The van der Waals surface area contributed by atoms with Crippen LogP contribution in [0.5, 0.6) is 0 Å². The minimum atomic E-state index is -0.246. The van der Waals surface area contributed by atoms with E-state index in [4.69, 9.17) is 4.74 Å². The number of aromatic nitrogens is 3. The number of nitrogens with zero attached hydrogens (tertiary/aromatic N) is 3. The van der Waals surface area contributed by atoms with Gasteiger partial charge in [0.15, 0.2) is 12.4 Å². The molecule has 0 bridgehead atoms. The maximum atomic E-state index is 12.5. The first-order valence-electron chi connectivity index (χ1n) is 7.18. The number of rotatable bonds is 6. The summed E-state index contributed by atoms with van der Waals surface area (Å²) < 4.78 is 7.05. The molecule has 0 spiro atoms. The molecule has 0 N–H and O–H groups in total. The Kier molecular flexibility index (Phi) is 5.09. The van der Waals surface area contributed by atoms with Gasteiger partial charge in [0.1, 0.15) is 6.33 Å². The molecular weight excluding hydrogens is 266 g/mol. The van der Waals surface area contributed by atoms with E-state index in [-0.39, 0.29) is 24.4 Å². The summed E-state index contributed by atoms with van der Waals surface area (Å²) in [7, 11) is 1.78. The summed E-state index contributed by atoms with van der Waals surface area (Å²) in [5.74, 6) is 0.404. The van der Waals surface area contributed by atoms with Gasteiger partial charge in [-0.2, -0.15) is 5.10 Å². The third kappa shape index (κ3) is 3.68. The van der Waals surface area contributed by atoms with Gasteiger partial charge in [-0.25, -0.2) is 4.98 Å². The van der Waals surface area contributed by atoms with Gasteiger partial charge in [0, 0.05) is 7.05 Å². The lowest BCUT2D eigenvalue weighted by atomic mass is 9.86. The molecule has 0 fully saturated rings. The van der Waals surface area contributed by atoms with Crippen molar-refractivity contribution >= 4 is 5.97 Å². The molecule has 0 saturated carbocycles. The largest absolute Gasteiger partial charge is 0.457 e. The molecule has 0 amide bonds. The normalized spacial score (nSPS) is 13.7. The number of carbonyl (C=O) groups is 1. The van der Waals surface area contributed by atoms with E-state index in [0.29, 0.717) is 5.82 Å². The van der Waals surface area contributed by atoms with Crippen molar-refractivity contribution in [1.82, 2.24) is 14.8 Å². The van der Waals surface area contributed by atoms with Gasteiger partial charge in [-0.15, -0.1) is 0 Å². The van der Waals surface area contributed by atoms with E-state index >= 15 is 0 Å². The predicted molar refractivity (Wildman–Crippen MR) is 79.4 cm³/mol. The van der Waals surface area contributed by atoms with Crippen LogP contribution in [0.3, 0.4) is 0 Å². The van der Waals surface area contributed by atoms with Crippen molar-refractivity contribution in [2.75, 3.05) is 0 Å². The molecule has 2 unspecified atom stereocenters. The van der Waals surface area contributed by atoms with Crippen LogP contribution in [0.1, 0.15) is 37.6 Å². The molecule has 0 aliphatic carbocycles. The van der Waals surface area contributed by atoms with Crippen molar-refractivity contribution in [2.24, 2.45) is 13.0 Å². The summed E-state index contributed by atoms with van der Waals surface area (Å²) in [6.07, 6.45) is 2.37. The fraction of sp³-hybridized carbons (Fsp3) is 0.438. The van der Waals surface area contributed by atoms with Crippen molar-refractivity contribution in [3.63, 3.8) is 0 Å². The monoisotopic (exact) mass is 287 g/mol. The average molecular weight is 287 g/mol. The highest BCUT2D eigenvalue weighted by molar-refractivity contribution is 5.78. The van der Waals surface area contributed by atoms with Crippen LogP contribution in [0, 0.1) is 5.92 Å². The molecular formula is C16H21N3O2. The molecule has 0 aliphatic rings. The van der Waals surface area contributed by atoms with E-state index in [1.807, 2.05) is 30.3 Å². The Morgan fingerprint density at radius 3 is 2.62 bits per heavy atom. The van der Waals surface area contributed by atoms with Crippen LogP contribution in [0.4, 0.5) is 0 Å². The van der Waals surface area contributed by atoms with Gasteiger partial charge in [0.2, 0.25) is 0 Å². The first-order valence-corrected chi connectivity index (χ1v) is 7.18. The lowest BCUT2D eigenvalue weighted by Crippen LogP contribution is -2.22. The van der Waals surface area contributed by atoms with Crippen molar-refractivity contribution in [3.8, 4) is 0 Å². The van der Waals surface area contributed by atoms with Gasteiger partial charge in [-0.3, -0.25) is 9.48 Å². The summed E-state index contributed by atoms with van der Waals surface area (Å²) in [6.45, 7) is 4.30. The topological polar surface area (TPSA) is 57.0 Å². The predicted octanol–water partition coefficient (Wildman–Crippen LogP) is 2.69. The minimum Gasteiger partial charge on any atom is -0.457 e. The average Bonchev–Trinajstić information content (AvgIpc) is 2.91. The van der Waals surface area contributed by atoms with Crippen molar-refractivity contribution in [1.29, 1.82) is 0 Å². The molecule has 2 rings (SSSR count). The Morgan fingerprint density at radius 2 is 2.05 bits per heavy atom. The fourth-order valence-electron chi connectivity index (χ4n) is 2.27. The SMILES string of the molecule is CCC(C)C(C(=O)OCc1ncnn1C)c1ccccc1. The second kappa shape index (κ2) is 7.02. The van der Waals surface area contributed by atoms with Gasteiger partial charge >= 0.3 is 5.97 Å². The highest BCUT2D eigenvalue weighted by Crippen LogP contribution is 2.28. The summed E-state index contributed by atoms with van der Waals surface area (Å²) in [5.41, 5.74) is 0.995. The minimum absolute atomic E-state index is 0.148. The molecule has 0 saturated heterocycles. The van der Waals surface area contributed by atoms with Gasteiger partial charge in [-0.1, -0.05) is 50.6 Å². The number of carbonyl (C=O) groups excluding carboxylic acids is 1. The molecule has 0 radical (unpaired) electrons. The molecule has 5 heteroatoms. The summed E-state index contributed by atoms with van der Waals surface area (Å²) >= 11 is 0. The molecule has 0 aliphatic heterocycles. The summed E-state index contributed by atoms with van der Waals surface area (Å²) in [6, 6.07) is 9.78. The third-order valence-electron chi connectivity index (χ3n) is 3.77. The smallest absolute Gasteiger partial charge is 0.314 e. The van der Waals surface area contributed by atoms with E-state index in [9.17, 15) is 4.79 Å². The van der Waals surface area contributed by atoms with Gasteiger partial charge in [-0.05, 0) is 11.5 Å². The zero-order chi connectivity index (χ0) is 15.2. The van der Waals surface area contributed by atoms with Crippen molar-refractivity contribution < 1.29 is 9.53 Å². The maximum absolute atomic E-state index is 12.5. The second-order valence-electron chi connectivity index (χ2n) is 5.18. The summed E-state index contributed by atoms with van der Waals surface area (Å²) in [4.78, 5) is 16.5. The molecule has 21 heavy (non-hydrogen) atoms. The Labute approximate surface area is 125 Å². The Balaban J connectivity index is 2.10. The first-order chi connectivity index (χ1) is 10.1. The molecule has 2 aromatic rings. The van der Waals surface area contributed by atoms with Crippen molar-refractivity contribution in [3.05, 3.63) is 48.0 Å². The van der Waals surface area contributed by atoms with Crippen LogP contribution in [0.2, 0.25) is 0 Å². The van der Waals surface area contributed by atoms with E-state index < -0.39 is 0 Å². The lowest BCUT2D eigenvalue weighted by molar-refractivity contribution is -0.148. The van der Waals surface area contributed by atoms with Crippen LogP contribution in [-0.4, -0.2) is 20.7 Å². The second-order valence-corrected chi connectivity index (χ2v) is 5.18. The number of hydrogen-bond donors (Lipinski definition) is 0. The standard InChI is InChI=1S/C16H21N3O2/c1-4-12(2)15(13-8-6-5-7-9-13)16(20)21-10-14-17-11-18-19(14)3/h5-9,11-12,15H,4,10H2,1-3H3. The number of benzene rings is 1. The third-order valence-corrected chi connectivity index (χ3v) is 3.77. The highest BCUT2D eigenvalue weighted by atomic mass is 16.5. The van der Waals surface area contributed by atoms with Gasteiger partial charge < -0.3 is 4.74 Å². The van der Waals surface area contributed by atoms with Gasteiger partial charge in [0.05, 0.1) is 5.92 Å². The van der Waals surface area contributed by atoms with E-state index in [1.54, 1.807) is 11.7 Å². The first kappa shape index (κ1) is 15.2. The highest BCUT2D eigenvalue weighted by Gasteiger charge is 2.27. The van der Waals surface area contributed by atoms with E-state index in [2.05, 4.69) is 23.9 Å². The van der Waals surface area contributed by atoms with Crippen LogP contribution < -0.4 is 0 Å². The van der Waals surface area contributed by atoms with Crippen molar-refractivity contribution in [2.45, 2.75) is 32.8 Å². The number of esters is 1. The quantitative estimate of drug-likeness (QED) is 0.766. The van der Waals surface area contributed by atoms with Gasteiger partial charge in [0.25, 0.3) is 0 Å². The number of ether oxygens (including phenoxy) is 1. The maximum Gasteiger partial charge on any atom is 0.314 e. The zero-order valence-electron chi connectivity index (χ0n) is 12.7. The number of hydrogen-bond acceptors (Lipinski definition) is 4. The molecule has 1 aromatic carbocycles. The molecule has 1 heterocycles. The van der Waals surface area contributed by atoms with Crippen LogP contribution >= 0.6 is 0 Å². The fourth-order valence-corrected chi connectivity index (χ4v) is 2.27. The Morgan fingerprint density at radius 1 is 1.33 bits per heavy atom. The summed E-state index contributed by atoms with van der Waals surface area (Å²) in [5, 5.41) is 3.96. The number of aryl methyl sites for hydroxylation is 1. The van der Waals surface area contributed by atoms with Crippen LogP contribution in [0.25, 0.3) is 0 Å². The molecule has 2 atom stereocenters. The molecule has 1 aromatic heterocycles. The van der Waals surface area contributed by atoms with E-state index in [0.717, 1.165) is 12.0 Å². The Bertz CT molecular complexity index is 580. The molecule has 5 nitrogen and oxygen atoms in total. The van der Waals surface area contributed by atoms with Crippen LogP contribution in [0.15, 0.2) is 36.7 Å². The zero-order valence-corrected chi connectivity index (χ0v) is 12.7. The lowest BCUT2D eigenvalue weighted by Gasteiger charge is -2.21. The molecule has 112 valence electrons.